The number of rotatable bonds is 6. The van der Waals surface area contributed by atoms with Gasteiger partial charge in [-0.25, -0.2) is 8.42 Å². The largest absolute Gasteiger partial charge is 0.319 e. The minimum Gasteiger partial charge on any atom is -0.319 e. The lowest BCUT2D eigenvalue weighted by Gasteiger charge is -2.16. The topological polar surface area (TPSA) is 49.4 Å². The summed E-state index contributed by atoms with van der Waals surface area (Å²) in [6.45, 7) is 0.897. The van der Waals surface area contributed by atoms with Crippen LogP contribution in [0.3, 0.4) is 0 Å². The van der Waals surface area contributed by atoms with E-state index in [1.165, 1.54) is 4.31 Å². The van der Waals surface area contributed by atoms with E-state index in [0.717, 1.165) is 31.4 Å². The quantitative estimate of drug-likeness (QED) is 0.844. The first-order chi connectivity index (χ1) is 8.55. The Kier molecular flexibility index (Phi) is 4.04. The van der Waals surface area contributed by atoms with Crippen LogP contribution in [0, 0.1) is 0 Å². The van der Waals surface area contributed by atoms with Gasteiger partial charge in [0.15, 0.2) is 0 Å². The molecule has 0 unspecified atom stereocenters. The van der Waals surface area contributed by atoms with Crippen molar-refractivity contribution in [1.29, 1.82) is 0 Å². The number of hydrogen-bond acceptors (Lipinski definition) is 3. The fraction of sp³-hybridized carbons (Fsp3) is 0.538. The van der Waals surface area contributed by atoms with Gasteiger partial charge < -0.3 is 5.32 Å². The summed E-state index contributed by atoms with van der Waals surface area (Å²) in [5.41, 5.74) is 1.15. The lowest BCUT2D eigenvalue weighted by molar-refractivity contribution is 0.464. The third-order valence-corrected chi connectivity index (χ3v) is 5.25. The van der Waals surface area contributed by atoms with Crippen LogP contribution in [0.1, 0.15) is 18.4 Å². The molecule has 0 spiro atoms. The summed E-state index contributed by atoms with van der Waals surface area (Å²) in [5.74, 6) is 0. The Morgan fingerprint density at radius 3 is 2.39 bits per heavy atom. The van der Waals surface area contributed by atoms with E-state index in [0.29, 0.717) is 4.90 Å². The molecule has 5 heteroatoms. The molecule has 0 saturated heterocycles. The van der Waals surface area contributed by atoms with E-state index in [1.807, 2.05) is 19.2 Å². The summed E-state index contributed by atoms with van der Waals surface area (Å²) in [6.07, 6.45) is 2.88. The molecule has 18 heavy (non-hydrogen) atoms. The van der Waals surface area contributed by atoms with Gasteiger partial charge in [0.2, 0.25) is 10.0 Å². The van der Waals surface area contributed by atoms with Crippen LogP contribution in [0.25, 0.3) is 0 Å². The Bertz CT molecular complexity index is 492. The molecule has 100 valence electrons. The summed E-state index contributed by atoms with van der Waals surface area (Å²) in [6, 6.07) is 7.41. The summed E-state index contributed by atoms with van der Waals surface area (Å²) < 4.78 is 26.0. The monoisotopic (exact) mass is 268 g/mol. The highest BCUT2D eigenvalue weighted by atomic mass is 32.2. The number of benzene rings is 1. The summed E-state index contributed by atoms with van der Waals surface area (Å²) in [5, 5.41) is 3.08. The molecule has 0 radical (unpaired) electrons. The second-order valence-electron chi connectivity index (χ2n) is 4.75. The molecule has 0 amide bonds. The normalized spacial score (nSPS) is 16.2. The Labute approximate surface area is 109 Å². The van der Waals surface area contributed by atoms with E-state index >= 15 is 0 Å². The number of nitrogens with one attached hydrogen (secondary N) is 1. The minimum atomic E-state index is -3.30. The van der Waals surface area contributed by atoms with E-state index in [4.69, 9.17) is 0 Å². The molecule has 1 fully saturated rings. The second-order valence-corrected chi connectivity index (χ2v) is 6.75. The molecule has 0 atom stereocenters. The van der Waals surface area contributed by atoms with Crippen LogP contribution in [-0.2, 0) is 16.4 Å². The smallest absolute Gasteiger partial charge is 0.243 e. The van der Waals surface area contributed by atoms with Gasteiger partial charge in [-0.2, -0.15) is 4.31 Å². The Morgan fingerprint density at radius 2 is 1.89 bits per heavy atom. The molecule has 1 N–H and O–H groups in total. The maximum absolute atomic E-state index is 12.3. The summed E-state index contributed by atoms with van der Waals surface area (Å²) in [7, 11) is 0.279. The Morgan fingerprint density at radius 1 is 1.28 bits per heavy atom. The lowest BCUT2D eigenvalue weighted by Crippen LogP contribution is -2.28. The van der Waals surface area contributed by atoms with E-state index in [2.05, 4.69) is 5.32 Å². The molecule has 1 aromatic carbocycles. The zero-order valence-corrected chi connectivity index (χ0v) is 11.7. The number of sulfonamides is 1. The minimum absolute atomic E-state index is 0.207. The highest BCUT2D eigenvalue weighted by Gasteiger charge is 2.34. The van der Waals surface area contributed by atoms with Crippen molar-refractivity contribution in [1.82, 2.24) is 9.62 Å². The first-order valence-corrected chi connectivity index (χ1v) is 7.71. The predicted octanol–water partition coefficient (Wildman–Crippen LogP) is 1.23. The van der Waals surface area contributed by atoms with Crippen molar-refractivity contribution >= 4 is 10.0 Å². The highest BCUT2D eigenvalue weighted by Crippen LogP contribution is 2.30. The van der Waals surface area contributed by atoms with Gasteiger partial charge in [-0.05, 0) is 50.6 Å². The lowest BCUT2D eigenvalue weighted by atomic mass is 10.1. The molecule has 0 aliphatic heterocycles. The molecular weight excluding hydrogens is 248 g/mol. The molecule has 0 heterocycles. The van der Waals surface area contributed by atoms with Crippen molar-refractivity contribution in [2.24, 2.45) is 0 Å². The van der Waals surface area contributed by atoms with Crippen molar-refractivity contribution in [2.75, 3.05) is 20.6 Å². The summed E-state index contributed by atoms with van der Waals surface area (Å²) >= 11 is 0. The van der Waals surface area contributed by atoms with Gasteiger partial charge in [0.1, 0.15) is 0 Å². The van der Waals surface area contributed by atoms with Crippen LogP contribution in [0.5, 0.6) is 0 Å². The van der Waals surface area contributed by atoms with E-state index in [-0.39, 0.29) is 6.04 Å². The van der Waals surface area contributed by atoms with Crippen LogP contribution in [-0.4, -0.2) is 39.4 Å². The third kappa shape index (κ3) is 2.91. The van der Waals surface area contributed by atoms with Crippen LogP contribution in [0.4, 0.5) is 0 Å². The molecule has 1 aromatic rings. The molecule has 1 aliphatic carbocycles. The van der Waals surface area contributed by atoms with E-state index < -0.39 is 10.0 Å². The average molecular weight is 268 g/mol. The maximum atomic E-state index is 12.3. The first-order valence-electron chi connectivity index (χ1n) is 6.27. The SMILES string of the molecule is CNCCc1ccc(S(=O)(=O)N(C)C2CC2)cc1. The zero-order chi connectivity index (χ0) is 13.2. The number of hydrogen-bond donors (Lipinski definition) is 1. The van der Waals surface area contributed by atoms with Gasteiger partial charge in [-0.1, -0.05) is 12.1 Å². The van der Waals surface area contributed by atoms with Crippen LogP contribution in [0.15, 0.2) is 29.2 Å². The van der Waals surface area contributed by atoms with Gasteiger partial charge in [-0.15, -0.1) is 0 Å². The maximum Gasteiger partial charge on any atom is 0.243 e. The van der Waals surface area contributed by atoms with E-state index in [9.17, 15) is 8.42 Å². The molecule has 2 rings (SSSR count). The van der Waals surface area contributed by atoms with Gasteiger partial charge in [-0.3, -0.25) is 0 Å². The van der Waals surface area contributed by atoms with Crippen molar-refractivity contribution in [3.8, 4) is 0 Å². The van der Waals surface area contributed by atoms with Gasteiger partial charge in [0.25, 0.3) is 0 Å². The number of likely N-dealkylation sites (N-methyl/N-ethyl adjacent to an activating group) is 1. The summed E-state index contributed by atoms with van der Waals surface area (Å²) in [4.78, 5) is 0.394. The van der Waals surface area contributed by atoms with Crippen molar-refractivity contribution in [3.63, 3.8) is 0 Å². The fourth-order valence-electron chi connectivity index (χ4n) is 1.90. The third-order valence-electron chi connectivity index (χ3n) is 3.33. The van der Waals surface area contributed by atoms with Crippen molar-refractivity contribution < 1.29 is 8.42 Å². The zero-order valence-electron chi connectivity index (χ0n) is 10.9. The molecule has 0 aromatic heterocycles. The molecule has 1 aliphatic rings. The van der Waals surface area contributed by atoms with Crippen LogP contribution < -0.4 is 5.32 Å². The average Bonchev–Trinajstić information content (AvgIpc) is 3.20. The Balaban J connectivity index is 2.13. The van der Waals surface area contributed by atoms with Crippen molar-refractivity contribution in [2.45, 2.75) is 30.2 Å². The van der Waals surface area contributed by atoms with Crippen LogP contribution >= 0.6 is 0 Å². The highest BCUT2D eigenvalue weighted by molar-refractivity contribution is 7.89. The molecule has 0 bridgehead atoms. The molecule has 4 nitrogen and oxygen atoms in total. The second kappa shape index (κ2) is 5.38. The fourth-order valence-corrected chi connectivity index (χ4v) is 3.31. The Hall–Kier alpha value is -0.910. The predicted molar refractivity (Wildman–Crippen MR) is 72.0 cm³/mol. The standard InChI is InChI=1S/C13H20N2O2S/c1-14-10-9-11-3-7-13(8-4-11)18(16,17)15(2)12-5-6-12/h3-4,7-8,12,14H,5-6,9-10H2,1-2H3. The van der Waals surface area contributed by atoms with Crippen LogP contribution in [0.2, 0.25) is 0 Å². The number of nitrogens with zero attached hydrogens (tertiary/aromatic N) is 1. The van der Waals surface area contributed by atoms with Crippen molar-refractivity contribution in [3.05, 3.63) is 29.8 Å². The first kappa shape index (κ1) is 13.5. The van der Waals surface area contributed by atoms with Gasteiger partial charge >= 0.3 is 0 Å². The van der Waals surface area contributed by atoms with Gasteiger partial charge in [0.05, 0.1) is 4.90 Å². The van der Waals surface area contributed by atoms with E-state index in [1.54, 1.807) is 19.2 Å². The molecule has 1 saturated carbocycles. The molecular formula is C13H20N2O2S. The van der Waals surface area contributed by atoms with Gasteiger partial charge in [0, 0.05) is 13.1 Å².